The van der Waals surface area contributed by atoms with E-state index in [-0.39, 0.29) is 23.2 Å². The molecule has 0 atom stereocenters. The van der Waals surface area contributed by atoms with Gasteiger partial charge in [0.2, 0.25) is 5.95 Å². The Balaban J connectivity index is 1.49. The second kappa shape index (κ2) is 7.20. The topological polar surface area (TPSA) is 88.5 Å². The van der Waals surface area contributed by atoms with E-state index in [1.807, 2.05) is 18.3 Å². The molecule has 4 aromatic rings. The van der Waals surface area contributed by atoms with Gasteiger partial charge in [-0.3, -0.25) is 19.9 Å². The van der Waals surface area contributed by atoms with Gasteiger partial charge in [0.15, 0.2) is 5.82 Å². The number of hydrogen-bond acceptors (Lipinski definition) is 4. The van der Waals surface area contributed by atoms with Gasteiger partial charge in [-0.2, -0.15) is 10.1 Å². The lowest BCUT2D eigenvalue weighted by Crippen LogP contribution is -2.13. The number of benzene rings is 2. The summed E-state index contributed by atoms with van der Waals surface area (Å²) in [5, 5.41) is 13.3. The largest absolute Gasteiger partial charge is 0.289 e. The van der Waals surface area contributed by atoms with Crippen molar-refractivity contribution in [1.29, 1.82) is 0 Å². The van der Waals surface area contributed by atoms with E-state index in [1.54, 1.807) is 47.3 Å². The number of halogens is 1. The van der Waals surface area contributed by atoms with Crippen LogP contribution < -0.4 is 5.32 Å². The lowest BCUT2D eigenvalue weighted by Gasteiger charge is -2.05. The third-order valence-corrected chi connectivity index (χ3v) is 3.93. The zero-order valence-corrected chi connectivity index (χ0v) is 14.1. The van der Waals surface area contributed by atoms with Crippen LogP contribution in [0.25, 0.3) is 11.4 Å². The minimum atomic E-state index is -0.419. The van der Waals surface area contributed by atoms with Crippen LogP contribution in [0.3, 0.4) is 0 Å². The normalized spacial score (nSPS) is 10.7. The van der Waals surface area contributed by atoms with E-state index < -0.39 is 5.82 Å². The van der Waals surface area contributed by atoms with E-state index in [9.17, 15) is 9.18 Å². The molecule has 134 valence electrons. The Morgan fingerprint density at radius 3 is 2.85 bits per heavy atom. The zero-order valence-electron chi connectivity index (χ0n) is 14.1. The monoisotopic (exact) mass is 362 g/mol. The summed E-state index contributed by atoms with van der Waals surface area (Å²) in [6, 6.07) is 15.2. The van der Waals surface area contributed by atoms with Crippen LogP contribution >= 0.6 is 0 Å². The fourth-order valence-electron chi connectivity index (χ4n) is 2.66. The number of carbonyl (C=O) groups is 1. The van der Waals surface area contributed by atoms with E-state index >= 15 is 0 Å². The van der Waals surface area contributed by atoms with Crippen molar-refractivity contribution in [2.45, 2.75) is 6.54 Å². The highest BCUT2D eigenvalue weighted by Crippen LogP contribution is 2.19. The van der Waals surface area contributed by atoms with Crippen molar-refractivity contribution in [3.8, 4) is 11.4 Å². The first-order valence-electron chi connectivity index (χ1n) is 8.24. The van der Waals surface area contributed by atoms with E-state index in [1.165, 1.54) is 6.07 Å². The molecule has 4 rings (SSSR count). The molecule has 0 aliphatic rings. The summed E-state index contributed by atoms with van der Waals surface area (Å²) in [5.74, 6) is -0.444. The molecule has 0 bridgehead atoms. The Morgan fingerprint density at radius 2 is 2.04 bits per heavy atom. The minimum absolute atomic E-state index is 0.0794. The van der Waals surface area contributed by atoms with Gasteiger partial charge in [-0.05, 0) is 35.9 Å². The Hall–Kier alpha value is -3.81. The average Bonchev–Trinajstić information content (AvgIpc) is 3.34. The van der Waals surface area contributed by atoms with Crippen molar-refractivity contribution in [3.63, 3.8) is 0 Å². The maximum atomic E-state index is 13.8. The summed E-state index contributed by atoms with van der Waals surface area (Å²) in [7, 11) is 0. The molecule has 2 N–H and O–H groups in total. The summed E-state index contributed by atoms with van der Waals surface area (Å²) >= 11 is 0. The molecule has 2 aromatic heterocycles. The van der Waals surface area contributed by atoms with Gasteiger partial charge in [0, 0.05) is 18.0 Å². The maximum absolute atomic E-state index is 13.8. The van der Waals surface area contributed by atoms with Crippen LogP contribution in [0.15, 0.2) is 67.0 Å². The summed E-state index contributed by atoms with van der Waals surface area (Å²) < 4.78 is 15.6. The van der Waals surface area contributed by atoms with Crippen molar-refractivity contribution in [2.75, 3.05) is 5.32 Å². The molecule has 27 heavy (non-hydrogen) atoms. The number of nitrogens with zero attached hydrogens (tertiary/aromatic N) is 4. The van der Waals surface area contributed by atoms with Crippen LogP contribution in [-0.4, -0.2) is 30.9 Å². The van der Waals surface area contributed by atoms with Crippen molar-refractivity contribution < 1.29 is 9.18 Å². The molecule has 1 amide bonds. The SMILES string of the molecule is O=C(Nc1n[nH]c(-c2ccccc2F)n1)c1cccc(Cn2cccn2)c1. The van der Waals surface area contributed by atoms with E-state index in [4.69, 9.17) is 0 Å². The smallest absolute Gasteiger partial charge is 0.258 e. The van der Waals surface area contributed by atoms with Crippen molar-refractivity contribution in [3.05, 3.63) is 83.9 Å². The predicted molar refractivity (Wildman–Crippen MR) is 97.5 cm³/mol. The highest BCUT2D eigenvalue weighted by atomic mass is 19.1. The van der Waals surface area contributed by atoms with Gasteiger partial charge in [0.05, 0.1) is 12.1 Å². The van der Waals surface area contributed by atoms with Crippen LogP contribution in [0.1, 0.15) is 15.9 Å². The number of amides is 1. The number of carbonyl (C=O) groups excluding carboxylic acids is 1. The van der Waals surface area contributed by atoms with Gasteiger partial charge in [-0.25, -0.2) is 4.39 Å². The quantitative estimate of drug-likeness (QED) is 0.571. The molecule has 2 aromatic carbocycles. The molecule has 0 saturated carbocycles. The molecule has 0 aliphatic heterocycles. The second-order valence-electron chi connectivity index (χ2n) is 5.85. The molecule has 0 spiro atoms. The predicted octanol–water partition coefficient (Wildman–Crippen LogP) is 3.11. The Labute approximate surface area is 153 Å². The standard InChI is InChI=1S/C19H15FN6O/c20-16-8-2-1-7-15(16)17-22-19(25-24-17)23-18(27)14-6-3-5-13(11-14)12-26-10-4-9-21-26/h1-11H,12H2,(H2,22,23,24,25,27). The molecule has 2 heterocycles. The minimum Gasteiger partial charge on any atom is -0.289 e. The molecular formula is C19H15FN6O. The fraction of sp³-hybridized carbons (Fsp3) is 0.0526. The van der Waals surface area contributed by atoms with Crippen LogP contribution in [0, 0.1) is 5.82 Å². The average molecular weight is 362 g/mol. The first-order chi connectivity index (χ1) is 13.2. The Bertz CT molecular complexity index is 1070. The molecule has 0 unspecified atom stereocenters. The zero-order chi connectivity index (χ0) is 18.6. The number of aromatic nitrogens is 5. The molecule has 7 nitrogen and oxygen atoms in total. The van der Waals surface area contributed by atoms with Crippen molar-refractivity contribution in [2.24, 2.45) is 0 Å². The molecule has 0 aliphatic carbocycles. The van der Waals surface area contributed by atoms with Crippen LogP contribution in [-0.2, 0) is 6.54 Å². The van der Waals surface area contributed by atoms with E-state index in [2.05, 4.69) is 25.6 Å². The highest BCUT2D eigenvalue weighted by molar-refractivity contribution is 6.03. The van der Waals surface area contributed by atoms with Gasteiger partial charge in [0.1, 0.15) is 5.82 Å². The van der Waals surface area contributed by atoms with E-state index in [0.29, 0.717) is 12.1 Å². The Morgan fingerprint density at radius 1 is 1.15 bits per heavy atom. The van der Waals surface area contributed by atoms with Crippen LogP contribution in [0.5, 0.6) is 0 Å². The first kappa shape index (κ1) is 16.6. The van der Waals surface area contributed by atoms with Crippen molar-refractivity contribution in [1.82, 2.24) is 25.0 Å². The lowest BCUT2D eigenvalue weighted by molar-refractivity contribution is 0.102. The number of hydrogen-bond donors (Lipinski definition) is 2. The van der Waals surface area contributed by atoms with E-state index in [0.717, 1.165) is 5.56 Å². The highest BCUT2D eigenvalue weighted by Gasteiger charge is 2.13. The number of rotatable bonds is 5. The summed E-state index contributed by atoms with van der Waals surface area (Å²) in [4.78, 5) is 16.6. The summed E-state index contributed by atoms with van der Waals surface area (Å²) in [6.45, 7) is 0.562. The fourth-order valence-corrected chi connectivity index (χ4v) is 2.66. The second-order valence-corrected chi connectivity index (χ2v) is 5.85. The molecule has 0 fully saturated rings. The molecular weight excluding hydrogens is 347 g/mol. The summed E-state index contributed by atoms with van der Waals surface area (Å²) in [6.07, 6.45) is 3.55. The number of aromatic amines is 1. The van der Waals surface area contributed by atoms with Crippen LogP contribution in [0.2, 0.25) is 0 Å². The first-order valence-corrected chi connectivity index (χ1v) is 8.24. The Kier molecular flexibility index (Phi) is 4.44. The van der Waals surface area contributed by atoms with Gasteiger partial charge < -0.3 is 0 Å². The van der Waals surface area contributed by atoms with Gasteiger partial charge >= 0.3 is 0 Å². The molecule has 8 heteroatoms. The third kappa shape index (κ3) is 3.74. The molecule has 0 saturated heterocycles. The number of nitrogens with one attached hydrogen (secondary N) is 2. The van der Waals surface area contributed by atoms with Gasteiger partial charge in [-0.15, -0.1) is 5.10 Å². The van der Waals surface area contributed by atoms with Gasteiger partial charge in [0.25, 0.3) is 5.91 Å². The number of anilines is 1. The third-order valence-electron chi connectivity index (χ3n) is 3.93. The maximum Gasteiger partial charge on any atom is 0.258 e. The number of H-pyrrole nitrogens is 1. The lowest BCUT2D eigenvalue weighted by atomic mass is 10.1. The van der Waals surface area contributed by atoms with Crippen LogP contribution in [0.4, 0.5) is 10.3 Å². The molecule has 0 radical (unpaired) electrons. The van der Waals surface area contributed by atoms with Crippen molar-refractivity contribution >= 4 is 11.9 Å². The van der Waals surface area contributed by atoms with Gasteiger partial charge in [-0.1, -0.05) is 24.3 Å². The summed E-state index contributed by atoms with van der Waals surface area (Å²) in [5.41, 5.74) is 1.69.